The van der Waals surface area contributed by atoms with Gasteiger partial charge >= 0.3 is 0 Å². The van der Waals surface area contributed by atoms with Gasteiger partial charge in [0.05, 0.1) is 0 Å². The maximum absolute atomic E-state index is 5.72. The van der Waals surface area contributed by atoms with Crippen LogP contribution < -0.4 is 16.0 Å². The van der Waals surface area contributed by atoms with Crippen molar-refractivity contribution < 1.29 is 9.47 Å². The van der Waals surface area contributed by atoms with Gasteiger partial charge < -0.3 is 14.9 Å². The van der Waals surface area contributed by atoms with Crippen LogP contribution >= 0.6 is 22.6 Å². The molecule has 0 aliphatic carbocycles. The molecule has 106 valence electrons. The number of hydrogen-bond acceptors (Lipinski definition) is 6. The van der Waals surface area contributed by atoms with Crippen LogP contribution in [0.15, 0.2) is 30.3 Å². The van der Waals surface area contributed by atoms with Crippen LogP contribution in [0.3, 0.4) is 0 Å². The van der Waals surface area contributed by atoms with Crippen LogP contribution in [0, 0.1) is 3.57 Å². The molecule has 2 aromatic rings. The number of hydrazine groups is 1. The van der Waals surface area contributed by atoms with E-state index < -0.39 is 0 Å². The van der Waals surface area contributed by atoms with E-state index in [2.05, 4.69) is 38.0 Å². The van der Waals surface area contributed by atoms with Gasteiger partial charge in [0, 0.05) is 16.2 Å². The molecule has 0 amide bonds. The molecule has 2 rings (SSSR count). The standard InChI is InChI=1S/C13H15IN4O2/c1-2-19-8-12-16-11(18-15)7-13(17-12)20-10-5-3-4-9(14)6-10/h3-7H,2,8,15H2,1H3,(H,16,17,18). The molecule has 0 fully saturated rings. The first-order chi connectivity index (χ1) is 9.71. The summed E-state index contributed by atoms with van der Waals surface area (Å²) in [5.41, 5.74) is 2.49. The smallest absolute Gasteiger partial charge is 0.224 e. The lowest BCUT2D eigenvalue weighted by molar-refractivity contribution is 0.128. The van der Waals surface area contributed by atoms with Crippen molar-refractivity contribution in [1.29, 1.82) is 0 Å². The van der Waals surface area contributed by atoms with Crippen molar-refractivity contribution >= 4 is 28.4 Å². The molecule has 3 N–H and O–H groups in total. The van der Waals surface area contributed by atoms with Gasteiger partial charge in [0.1, 0.15) is 18.2 Å². The second kappa shape index (κ2) is 7.36. The van der Waals surface area contributed by atoms with Crippen molar-refractivity contribution in [2.75, 3.05) is 12.0 Å². The third-order valence-corrected chi connectivity index (χ3v) is 3.02. The van der Waals surface area contributed by atoms with E-state index >= 15 is 0 Å². The Labute approximate surface area is 130 Å². The quantitative estimate of drug-likeness (QED) is 0.451. The highest BCUT2D eigenvalue weighted by molar-refractivity contribution is 14.1. The van der Waals surface area contributed by atoms with E-state index in [0.717, 1.165) is 3.57 Å². The summed E-state index contributed by atoms with van der Waals surface area (Å²) in [6, 6.07) is 9.32. The van der Waals surface area contributed by atoms with Crippen LogP contribution in [-0.4, -0.2) is 16.6 Å². The van der Waals surface area contributed by atoms with Crippen LogP contribution in [0.5, 0.6) is 11.6 Å². The van der Waals surface area contributed by atoms with E-state index in [1.54, 1.807) is 6.07 Å². The molecule has 0 radical (unpaired) electrons. The SMILES string of the molecule is CCOCc1nc(NN)cc(Oc2cccc(I)c2)n1. The molecule has 0 saturated carbocycles. The van der Waals surface area contributed by atoms with Crippen molar-refractivity contribution in [2.45, 2.75) is 13.5 Å². The van der Waals surface area contributed by atoms with Crippen molar-refractivity contribution in [2.24, 2.45) is 5.84 Å². The summed E-state index contributed by atoms with van der Waals surface area (Å²) in [6.45, 7) is 2.82. The summed E-state index contributed by atoms with van der Waals surface area (Å²) < 4.78 is 12.1. The zero-order valence-corrected chi connectivity index (χ0v) is 13.1. The van der Waals surface area contributed by atoms with Crippen LogP contribution in [0.4, 0.5) is 5.82 Å². The molecule has 6 nitrogen and oxygen atoms in total. The highest BCUT2D eigenvalue weighted by Gasteiger charge is 2.06. The summed E-state index contributed by atoms with van der Waals surface area (Å²) in [4.78, 5) is 8.48. The van der Waals surface area contributed by atoms with Gasteiger partial charge in [-0.1, -0.05) is 6.07 Å². The molecule has 1 aromatic heterocycles. The van der Waals surface area contributed by atoms with E-state index in [0.29, 0.717) is 36.5 Å². The monoisotopic (exact) mass is 386 g/mol. The normalized spacial score (nSPS) is 10.3. The Bertz CT molecular complexity index is 580. The highest BCUT2D eigenvalue weighted by atomic mass is 127. The number of nitrogens with one attached hydrogen (secondary N) is 1. The molecule has 20 heavy (non-hydrogen) atoms. The molecular formula is C13H15IN4O2. The fourth-order valence-electron chi connectivity index (χ4n) is 1.51. The zero-order chi connectivity index (χ0) is 14.4. The zero-order valence-electron chi connectivity index (χ0n) is 11.0. The van der Waals surface area contributed by atoms with E-state index in [9.17, 15) is 0 Å². The molecule has 0 aliphatic heterocycles. The van der Waals surface area contributed by atoms with Crippen molar-refractivity contribution in [1.82, 2.24) is 9.97 Å². The lowest BCUT2D eigenvalue weighted by atomic mass is 10.3. The first-order valence-electron chi connectivity index (χ1n) is 6.07. The Balaban J connectivity index is 2.21. The summed E-state index contributed by atoms with van der Waals surface area (Å²) in [6.07, 6.45) is 0. The predicted octanol–water partition coefficient (Wildman–Crippen LogP) is 2.70. The minimum absolute atomic E-state index is 0.314. The maximum Gasteiger partial charge on any atom is 0.224 e. The van der Waals surface area contributed by atoms with Gasteiger partial charge in [-0.05, 0) is 47.7 Å². The number of nitrogen functional groups attached to an aromatic ring is 1. The van der Waals surface area contributed by atoms with Gasteiger partial charge in [-0.15, -0.1) is 0 Å². The van der Waals surface area contributed by atoms with Gasteiger partial charge in [0.15, 0.2) is 5.82 Å². The Hall–Kier alpha value is -1.45. The second-order valence-corrected chi connectivity index (χ2v) is 5.09. The number of rotatable bonds is 6. The number of nitrogens with two attached hydrogens (primary N) is 1. The first kappa shape index (κ1) is 14.9. The van der Waals surface area contributed by atoms with Crippen LogP contribution in [0.25, 0.3) is 0 Å². The largest absolute Gasteiger partial charge is 0.439 e. The summed E-state index contributed by atoms with van der Waals surface area (Å²) >= 11 is 2.22. The molecule has 0 bridgehead atoms. The van der Waals surface area contributed by atoms with Crippen LogP contribution in [0.2, 0.25) is 0 Å². The molecule has 0 spiro atoms. The van der Waals surface area contributed by atoms with Gasteiger partial charge in [0.2, 0.25) is 5.88 Å². The Kier molecular flexibility index (Phi) is 5.50. The maximum atomic E-state index is 5.72. The number of aromatic nitrogens is 2. The van der Waals surface area contributed by atoms with Crippen molar-refractivity contribution in [3.63, 3.8) is 0 Å². The molecule has 0 unspecified atom stereocenters. The fraction of sp³-hybridized carbons (Fsp3) is 0.231. The minimum atomic E-state index is 0.314. The Morgan fingerprint density at radius 2 is 2.15 bits per heavy atom. The van der Waals surface area contributed by atoms with Gasteiger partial charge in [-0.25, -0.2) is 10.8 Å². The van der Waals surface area contributed by atoms with Crippen LogP contribution in [0.1, 0.15) is 12.7 Å². The minimum Gasteiger partial charge on any atom is -0.439 e. The summed E-state index contributed by atoms with van der Waals surface area (Å²) in [5.74, 6) is 7.52. The molecule has 7 heteroatoms. The van der Waals surface area contributed by atoms with E-state index in [1.807, 2.05) is 31.2 Å². The average molecular weight is 386 g/mol. The third kappa shape index (κ3) is 4.29. The summed E-state index contributed by atoms with van der Waals surface area (Å²) in [5, 5.41) is 0. The molecular weight excluding hydrogens is 371 g/mol. The van der Waals surface area contributed by atoms with Gasteiger partial charge in [0.25, 0.3) is 0 Å². The molecule has 0 aliphatic rings. The Morgan fingerprint density at radius 1 is 1.30 bits per heavy atom. The summed E-state index contributed by atoms with van der Waals surface area (Å²) in [7, 11) is 0. The molecule has 0 saturated heterocycles. The lowest BCUT2D eigenvalue weighted by Gasteiger charge is -2.09. The van der Waals surface area contributed by atoms with Gasteiger partial charge in [-0.2, -0.15) is 4.98 Å². The highest BCUT2D eigenvalue weighted by Crippen LogP contribution is 2.23. The number of anilines is 1. The molecule has 0 atom stereocenters. The van der Waals surface area contributed by atoms with Crippen LogP contribution in [-0.2, 0) is 11.3 Å². The number of hydrogen-bond donors (Lipinski definition) is 2. The Morgan fingerprint density at radius 3 is 2.85 bits per heavy atom. The number of benzene rings is 1. The number of ether oxygens (including phenoxy) is 2. The van der Waals surface area contributed by atoms with E-state index in [1.165, 1.54) is 0 Å². The van der Waals surface area contributed by atoms with E-state index in [4.69, 9.17) is 15.3 Å². The van der Waals surface area contributed by atoms with Crippen molar-refractivity contribution in [3.05, 3.63) is 39.7 Å². The van der Waals surface area contributed by atoms with E-state index in [-0.39, 0.29) is 0 Å². The van der Waals surface area contributed by atoms with Gasteiger partial charge in [-0.3, -0.25) is 0 Å². The number of halogens is 1. The third-order valence-electron chi connectivity index (χ3n) is 2.35. The number of nitrogens with zero attached hydrogens (tertiary/aromatic N) is 2. The average Bonchev–Trinajstić information content (AvgIpc) is 2.45. The predicted molar refractivity (Wildman–Crippen MR) is 84.4 cm³/mol. The second-order valence-electron chi connectivity index (χ2n) is 3.85. The van der Waals surface area contributed by atoms with Crippen molar-refractivity contribution in [3.8, 4) is 11.6 Å². The topological polar surface area (TPSA) is 82.3 Å². The first-order valence-corrected chi connectivity index (χ1v) is 7.15. The fourth-order valence-corrected chi connectivity index (χ4v) is 2.02. The lowest BCUT2D eigenvalue weighted by Crippen LogP contribution is -2.11. The molecule has 1 aromatic carbocycles. The molecule has 1 heterocycles.